The zero-order valence-electron chi connectivity index (χ0n) is 9.75. The van der Waals surface area contributed by atoms with Crippen LogP contribution < -0.4 is 4.90 Å². The fraction of sp³-hybridized carbons (Fsp3) is 0.545. The number of rotatable bonds is 3. The minimum Gasteiger partial charge on any atom is -0.396 e. The zero-order chi connectivity index (χ0) is 13.1. The summed E-state index contributed by atoms with van der Waals surface area (Å²) >= 11 is 5.73. The van der Waals surface area contributed by atoms with Crippen molar-refractivity contribution < 1.29 is 10.0 Å². The molecule has 1 saturated heterocycles. The van der Waals surface area contributed by atoms with Crippen molar-refractivity contribution in [2.24, 2.45) is 5.92 Å². The molecule has 2 heterocycles. The number of nitro groups is 1. The number of aliphatic hydroxyl groups excluding tert-OH is 1. The van der Waals surface area contributed by atoms with Gasteiger partial charge in [-0.1, -0.05) is 11.6 Å². The lowest BCUT2D eigenvalue weighted by molar-refractivity contribution is -0.384. The molecule has 0 saturated carbocycles. The molecule has 18 heavy (non-hydrogen) atoms. The predicted molar refractivity (Wildman–Crippen MR) is 67.9 cm³/mol. The first-order valence-electron chi connectivity index (χ1n) is 5.77. The van der Waals surface area contributed by atoms with E-state index in [0.29, 0.717) is 18.9 Å². The van der Waals surface area contributed by atoms with Gasteiger partial charge in [0.25, 0.3) is 0 Å². The normalized spacial score (nSPS) is 16.9. The summed E-state index contributed by atoms with van der Waals surface area (Å²) < 4.78 is 0. The molecule has 0 bridgehead atoms. The molecule has 1 aromatic heterocycles. The molecule has 1 N–H and O–H groups in total. The van der Waals surface area contributed by atoms with Crippen molar-refractivity contribution in [1.82, 2.24) is 4.98 Å². The molecule has 1 aliphatic rings. The van der Waals surface area contributed by atoms with E-state index >= 15 is 0 Å². The van der Waals surface area contributed by atoms with Gasteiger partial charge in [-0.25, -0.2) is 4.98 Å². The maximum atomic E-state index is 11.0. The van der Waals surface area contributed by atoms with Gasteiger partial charge in [0.05, 0.1) is 9.95 Å². The van der Waals surface area contributed by atoms with E-state index in [1.165, 1.54) is 12.3 Å². The Labute approximate surface area is 109 Å². The molecule has 0 atom stereocenters. The molecule has 1 aliphatic heterocycles. The molecule has 7 heteroatoms. The summed E-state index contributed by atoms with van der Waals surface area (Å²) in [4.78, 5) is 16.5. The van der Waals surface area contributed by atoms with E-state index < -0.39 is 4.92 Å². The topological polar surface area (TPSA) is 79.5 Å². The highest BCUT2D eigenvalue weighted by atomic mass is 35.5. The molecule has 0 aliphatic carbocycles. The lowest BCUT2D eigenvalue weighted by Gasteiger charge is -2.31. The molecule has 1 aromatic rings. The minimum atomic E-state index is -0.466. The van der Waals surface area contributed by atoms with Gasteiger partial charge in [0, 0.05) is 32.0 Å². The SMILES string of the molecule is O=[N+]([O-])c1cc(Cl)cnc1N1CCC(CO)CC1. The summed E-state index contributed by atoms with van der Waals surface area (Å²) in [6.07, 6.45) is 3.05. The summed E-state index contributed by atoms with van der Waals surface area (Å²) in [6.45, 7) is 1.51. The number of hydrogen-bond donors (Lipinski definition) is 1. The van der Waals surface area contributed by atoms with Crippen molar-refractivity contribution in [2.45, 2.75) is 12.8 Å². The van der Waals surface area contributed by atoms with Crippen LogP contribution >= 0.6 is 11.6 Å². The second-order valence-corrected chi connectivity index (χ2v) is 4.80. The predicted octanol–water partition coefficient (Wildman–Crippen LogP) is 1.85. The fourth-order valence-corrected chi connectivity index (χ4v) is 2.28. The second-order valence-electron chi connectivity index (χ2n) is 4.37. The van der Waals surface area contributed by atoms with Crippen LogP contribution in [0.25, 0.3) is 0 Å². The Morgan fingerprint density at radius 1 is 1.56 bits per heavy atom. The third kappa shape index (κ3) is 2.70. The van der Waals surface area contributed by atoms with Crippen LogP contribution in [-0.2, 0) is 0 Å². The summed E-state index contributed by atoms with van der Waals surface area (Å²) in [5.41, 5.74) is -0.0649. The fourth-order valence-electron chi connectivity index (χ4n) is 2.13. The quantitative estimate of drug-likeness (QED) is 0.670. The molecule has 0 radical (unpaired) electrons. The number of aromatic nitrogens is 1. The van der Waals surface area contributed by atoms with Crippen LogP contribution in [0, 0.1) is 16.0 Å². The monoisotopic (exact) mass is 271 g/mol. The van der Waals surface area contributed by atoms with Gasteiger partial charge in [-0.15, -0.1) is 0 Å². The van der Waals surface area contributed by atoms with Crippen molar-refractivity contribution in [3.63, 3.8) is 0 Å². The van der Waals surface area contributed by atoms with Gasteiger partial charge in [0.2, 0.25) is 5.82 Å². The van der Waals surface area contributed by atoms with Crippen LogP contribution in [0.5, 0.6) is 0 Å². The van der Waals surface area contributed by atoms with Gasteiger partial charge >= 0.3 is 5.69 Å². The van der Waals surface area contributed by atoms with Crippen molar-refractivity contribution in [2.75, 3.05) is 24.6 Å². The lowest BCUT2D eigenvalue weighted by atomic mass is 9.98. The van der Waals surface area contributed by atoms with E-state index in [2.05, 4.69) is 4.98 Å². The number of hydrogen-bond acceptors (Lipinski definition) is 5. The van der Waals surface area contributed by atoms with E-state index in [-0.39, 0.29) is 23.2 Å². The van der Waals surface area contributed by atoms with Gasteiger partial charge in [-0.05, 0) is 18.8 Å². The first kappa shape index (κ1) is 13.0. The highest BCUT2D eigenvalue weighted by Crippen LogP contribution is 2.31. The first-order valence-corrected chi connectivity index (χ1v) is 6.15. The summed E-state index contributed by atoms with van der Waals surface area (Å²) in [6, 6.07) is 1.32. The molecule has 1 fully saturated rings. The molecular weight excluding hydrogens is 258 g/mol. The lowest BCUT2D eigenvalue weighted by Crippen LogP contribution is -2.35. The summed E-state index contributed by atoms with van der Waals surface area (Å²) in [5, 5.41) is 20.3. The Hall–Kier alpha value is -1.40. The van der Waals surface area contributed by atoms with Crippen molar-refractivity contribution in [1.29, 1.82) is 0 Å². The Morgan fingerprint density at radius 2 is 2.22 bits per heavy atom. The summed E-state index contributed by atoms with van der Waals surface area (Å²) in [5.74, 6) is 0.647. The smallest absolute Gasteiger partial charge is 0.313 e. The summed E-state index contributed by atoms with van der Waals surface area (Å²) in [7, 11) is 0. The maximum Gasteiger partial charge on any atom is 0.313 e. The number of nitrogens with zero attached hydrogens (tertiary/aromatic N) is 3. The average Bonchev–Trinajstić information content (AvgIpc) is 2.39. The largest absolute Gasteiger partial charge is 0.396 e. The Bertz CT molecular complexity index is 447. The standard InChI is InChI=1S/C11H14ClN3O3/c12-9-5-10(15(17)18)11(13-6-9)14-3-1-8(7-16)2-4-14/h5-6,8,16H,1-4,7H2. The molecule has 2 rings (SSSR count). The number of pyridine rings is 1. The first-order chi connectivity index (χ1) is 8.61. The van der Waals surface area contributed by atoms with Gasteiger partial charge < -0.3 is 10.0 Å². The van der Waals surface area contributed by atoms with Crippen molar-refractivity contribution >= 4 is 23.1 Å². The van der Waals surface area contributed by atoms with E-state index in [0.717, 1.165) is 12.8 Å². The Morgan fingerprint density at radius 3 is 2.78 bits per heavy atom. The van der Waals surface area contributed by atoms with Crippen LogP contribution in [0.3, 0.4) is 0 Å². The second kappa shape index (κ2) is 5.49. The maximum absolute atomic E-state index is 11.0. The molecule has 0 unspecified atom stereocenters. The van der Waals surface area contributed by atoms with Crippen LogP contribution in [0.2, 0.25) is 5.02 Å². The zero-order valence-corrected chi connectivity index (χ0v) is 10.5. The molecule has 0 amide bonds. The van der Waals surface area contributed by atoms with Gasteiger partial charge in [-0.3, -0.25) is 10.1 Å². The van der Waals surface area contributed by atoms with Gasteiger partial charge in [0.1, 0.15) is 0 Å². The van der Waals surface area contributed by atoms with Gasteiger partial charge in [0.15, 0.2) is 0 Å². The number of piperidine rings is 1. The molecule has 0 spiro atoms. The van der Waals surface area contributed by atoms with E-state index in [9.17, 15) is 10.1 Å². The third-order valence-electron chi connectivity index (χ3n) is 3.18. The third-order valence-corrected chi connectivity index (χ3v) is 3.39. The van der Waals surface area contributed by atoms with Crippen molar-refractivity contribution in [3.8, 4) is 0 Å². The highest BCUT2D eigenvalue weighted by Gasteiger charge is 2.25. The van der Waals surface area contributed by atoms with Crippen LogP contribution in [-0.4, -0.2) is 34.7 Å². The number of halogens is 1. The highest BCUT2D eigenvalue weighted by molar-refractivity contribution is 6.30. The van der Waals surface area contributed by atoms with E-state index in [1.807, 2.05) is 4.90 Å². The van der Waals surface area contributed by atoms with E-state index in [4.69, 9.17) is 16.7 Å². The van der Waals surface area contributed by atoms with Crippen molar-refractivity contribution in [3.05, 3.63) is 27.4 Å². The van der Waals surface area contributed by atoms with Gasteiger partial charge in [-0.2, -0.15) is 0 Å². The number of anilines is 1. The minimum absolute atomic E-state index is 0.0649. The van der Waals surface area contributed by atoms with Crippen LogP contribution in [0.1, 0.15) is 12.8 Å². The van der Waals surface area contributed by atoms with Crippen LogP contribution in [0.15, 0.2) is 12.3 Å². The molecule has 0 aromatic carbocycles. The van der Waals surface area contributed by atoms with E-state index in [1.54, 1.807) is 0 Å². The average molecular weight is 272 g/mol. The molecule has 98 valence electrons. The molecule has 6 nitrogen and oxygen atoms in total. The Balaban J connectivity index is 2.21. The van der Waals surface area contributed by atoms with Crippen LogP contribution in [0.4, 0.5) is 11.5 Å². The number of aliphatic hydroxyl groups is 1. The molecular formula is C11H14ClN3O3. The Kier molecular flexibility index (Phi) is 3.98.